The van der Waals surface area contributed by atoms with Gasteiger partial charge in [-0.3, -0.25) is 9.52 Å². The molecular formula is C17H28ClN3O5S. The third-order valence-electron chi connectivity index (χ3n) is 4.53. The standard InChI is InChI=1S/C17H27N3O5S.ClH/c1-11-5-6-20(13(7-11)10-18)17(21)12-8-14(19-26(4,22)23)16(25-3)15(9-12)24-2;/h8-9,11,13,19H,5-7,10,18H2,1-4H3;1H. The third-order valence-corrected chi connectivity index (χ3v) is 5.12. The van der Waals surface area contributed by atoms with E-state index in [4.69, 9.17) is 15.2 Å². The summed E-state index contributed by atoms with van der Waals surface area (Å²) in [6.07, 6.45) is 2.79. The van der Waals surface area contributed by atoms with Crippen molar-refractivity contribution in [3.05, 3.63) is 17.7 Å². The third kappa shape index (κ3) is 5.63. The molecule has 1 fully saturated rings. The molecule has 2 rings (SSSR count). The van der Waals surface area contributed by atoms with Crippen molar-refractivity contribution >= 4 is 34.0 Å². The molecule has 0 spiro atoms. The lowest BCUT2D eigenvalue weighted by Gasteiger charge is -2.38. The number of nitrogens with two attached hydrogens (primary N) is 1. The smallest absolute Gasteiger partial charge is 0.254 e. The van der Waals surface area contributed by atoms with Gasteiger partial charge in [-0.15, -0.1) is 12.4 Å². The largest absolute Gasteiger partial charge is 0.493 e. The van der Waals surface area contributed by atoms with E-state index >= 15 is 0 Å². The maximum atomic E-state index is 13.1. The average molecular weight is 422 g/mol. The van der Waals surface area contributed by atoms with E-state index < -0.39 is 10.0 Å². The van der Waals surface area contributed by atoms with Gasteiger partial charge in [0.05, 0.1) is 26.2 Å². The fourth-order valence-corrected chi connectivity index (χ4v) is 3.82. The Morgan fingerprint density at radius 2 is 2.00 bits per heavy atom. The van der Waals surface area contributed by atoms with Crippen LogP contribution in [0.5, 0.6) is 11.5 Å². The van der Waals surface area contributed by atoms with Crippen molar-refractivity contribution in [1.29, 1.82) is 0 Å². The van der Waals surface area contributed by atoms with Crippen LogP contribution in [-0.2, 0) is 10.0 Å². The molecule has 2 unspecified atom stereocenters. The molecule has 2 atom stereocenters. The fraction of sp³-hybridized carbons (Fsp3) is 0.588. The minimum atomic E-state index is -3.56. The zero-order valence-corrected chi connectivity index (χ0v) is 17.7. The van der Waals surface area contributed by atoms with E-state index in [0.717, 1.165) is 19.1 Å². The number of nitrogens with zero attached hydrogens (tertiary/aromatic N) is 1. The molecule has 0 aliphatic carbocycles. The number of benzene rings is 1. The molecule has 27 heavy (non-hydrogen) atoms. The summed E-state index contributed by atoms with van der Waals surface area (Å²) in [6.45, 7) is 3.15. The molecule has 8 nitrogen and oxygen atoms in total. The normalized spacial score (nSPS) is 19.8. The Morgan fingerprint density at radius 3 is 2.52 bits per heavy atom. The van der Waals surface area contributed by atoms with Crippen LogP contribution < -0.4 is 19.9 Å². The predicted octanol–water partition coefficient (Wildman–Crippen LogP) is 1.70. The highest BCUT2D eigenvalue weighted by Crippen LogP contribution is 2.38. The van der Waals surface area contributed by atoms with Crippen molar-refractivity contribution in [1.82, 2.24) is 4.90 Å². The number of likely N-dealkylation sites (tertiary alicyclic amines) is 1. The number of halogens is 1. The fourth-order valence-electron chi connectivity index (χ4n) is 3.27. The zero-order valence-electron chi connectivity index (χ0n) is 16.0. The lowest BCUT2D eigenvalue weighted by molar-refractivity contribution is 0.0573. The summed E-state index contributed by atoms with van der Waals surface area (Å²) in [4.78, 5) is 14.8. The highest BCUT2D eigenvalue weighted by molar-refractivity contribution is 7.92. The second-order valence-electron chi connectivity index (χ2n) is 6.65. The summed E-state index contributed by atoms with van der Waals surface area (Å²) in [7, 11) is -0.717. The Hall–Kier alpha value is -1.71. The molecule has 0 radical (unpaired) electrons. The van der Waals surface area contributed by atoms with Gasteiger partial charge in [-0.25, -0.2) is 8.42 Å². The Kier molecular flexibility index (Phi) is 8.19. The number of hydrogen-bond acceptors (Lipinski definition) is 6. The number of hydrogen-bond donors (Lipinski definition) is 2. The van der Waals surface area contributed by atoms with Gasteiger partial charge < -0.3 is 20.1 Å². The summed E-state index contributed by atoms with van der Waals surface area (Å²) in [5.41, 5.74) is 6.34. The molecule has 1 amide bonds. The molecule has 0 saturated carbocycles. The maximum absolute atomic E-state index is 13.1. The minimum Gasteiger partial charge on any atom is -0.493 e. The van der Waals surface area contributed by atoms with Crippen LogP contribution in [0.3, 0.4) is 0 Å². The summed E-state index contributed by atoms with van der Waals surface area (Å²) in [5, 5.41) is 0. The van der Waals surface area contributed by atoms with Crippen LogP contribution in [0.15, 0.2) is 12.1 Å². The van der Waals surface area contributed by atoms with E-state index in [1.807, 2.05) is 0 Å². The monoisotopic (exact) mass is 421 g/mol. The number of rotatable bonds is 6. The van der Waals surface area contributed by atoms with Gasteiger partial charge in [0.25, 0.3) is 5.91 Å². The van der Waals surface area contributed by atoms with Crippen molar-refractivity contribution in [3.8, 4) is 11.5 Å². The van der Waals surface area contributed by atoms with E-state index in [9.17, 15) is 13.2 Å². The highest BCUT2D eigenvalue weighted by atomic mass is 35.5. The quantitative estimate of drug-likeness (QED) is 0.723. The van der Waals surface area contributed by atoms with Gasteiger partial charge in [0, 0.05) is 24.7 Å². The second-order valence-corrected chi connectivity index (χ2v) is 8.40. The lowest BCUT2D eigenvalue weighted by Crippen LogP contribution is -2.49. The van der Waals surface area contributed by atoms with Gasteiger partial charge in [0.1, 0.15) is 0 Å². The SMILES string of the molecule is COc1cc(C(=O)N2CCC(C)CC2CN)cc(NS(C)(=O)=O)c1OC.Cl. The number of ether oxygens (including phenoxy) is 2. The molecule has 1 heterocycles. The number of carbonyl (C=O) groups excluding carboxylic acids is 1. The Morgan fingerprint density at radius 1 is 1.33 bits per heavy atom. The Balaban J connectivity index is 0.00000364. The van der Waals surface area contributed by atoms with Gasteiger partial charge in [-0.2, -0.15) is 0 Å². The van der Waals surface area contributed by atoms with Crippen LogP contribution in [0, 0.1) is 5.92 Å². The van der Waals surface area contributed by atoms with Crippen molar-refractivity contribution in [2.45, 2.75) is 25.8 Å². The summed E-state index contributed by atoms with van der Waals surface area (Å²) in [6, 6.07) is 2.99. The molecule has 0 aromatic heterocycles. The molecule has 1 saturated heterocycles. The molecule has 3 N–H and O–H groups in total. The van der Waals surface area contributed by atoms with E-state index in [-0.39, 0.29) is 41.5 Å². The van der Waals surface area contributed by atoms with Crippen LogP contribution in [0.4, 0.5) is 5.69 Å². The van der Waals surface area contributed by atoms with Crippen LogP contribution in [0.1, 0.15) is 30.1 Å². The lowest BCUT2D eigenvalue weighted by atomic mass is 9.92. The topological polar surface area (TPSA) is 111 Å². The molecule has 10 heteroatoms. The summed E-state index contributed by atoms with van der Waals surface area (Å²) >= 11 is 0. The predicted molar refractivity (Wildman–Crippen MR) is 108 cm³/mol. The van der Waals surface area contributed by atoms with Gasteiger partial charge in [0.15, 0.2) is 11.5 Å². The number of sulfonamides is 1. The number of nitrogens with one attached hydrogen (secondary N) is 1. The van der Waals surface area contributed by atoms with E-state index in [0.29, 0.717) is 24.6 Å². The molecule has 1 aliphatic heterocycles. The van der Waals surface area contributed by atoms with Crippen LogP contribution in [0.25, 0.3) is 0 Å². The van der Waals surface area contributed by atoms with Crippen LogP contribution in [0.2, 0.25) is 0 Å². The van der Waals surface area contributed by atoms with Crippen molar-refractivity contribution in [3.63, 3.8) is 0 Å². The van der Waals surface area contributed by atoms with E-state index in [1.54, 1.807) is 11.0 Å². The van der Waals surface area contributed by atoms with Crippen molar-refractivity contribution < 1.29 is 22.7 Å². The minimum absolute atomic E-state index is 0. The molecular weight excluding hydrogens is 394 g/mol. The number of anilines is 1. The Bertz CT molecular complexity index is 772. The van der Waals surface area contributed by atoms with Gasteiger partial charge >= 0.3 is 0 Å². The van der Waals surface area contributed by atoms with Gasteiger partial charge in [-0.1, -0.05) is 6.92 Å². The first-order chi connectivity index (χ1) is 12.2. The molecule has 0 bridgehead atoms. The second kappa shape index (κ2) is 9.48. The first-order valence-corrected chi connectivity index (χ1v) is 10.3. The van der Waals surface area contributed by atoms with Crippen LogP contribution >= 0.6 is 12.4 Å². The van der Waals surface area contributed by atoms with Crippen LogP contribution in [-0.4, -0.2) is 58.8 Å². The number of piperidine rings is 1. The number of methoxy groups -OCH3 is 2. The number of carbonyl (C=O) groups is 1. The summed E-state index contributed by atoms with van der Waals surface area (Å²) < 4.78 is 36.2. The van der Waals surface area contributed by atoms with Crippen molar-refractivity contribution in [2.75, 3.05) is 38.3 Å². The molecule has 1 aromatic carbocycles. The van der Waals surface area contributed by atoms with E-state index in [1.165, 1.54) is 20.3 Å². The Labute approximate surface area is 166 Å². The van der Waals surface area contributed by atoms with Gasteiger partial charge in [-0.05, 0) is 30.9 Å². The molecule has 1 aromatic rings. The van der Waals surface area contributed by atoms with Crippen molar-refractivity contribution in [2.24, 2.45) is 11.7 Å². The molecule has 1 aliphatic rings. The molecule has 154 valence electrons. The number of amides is 1. The van der Waals surface area contributed by atoms with Gasteiger partial charge in [0.2, 0.25) is 10.0 Å². The maximum Gasteiger partial charge on any atom is 0.254 e. The first-order valence-electron chi connectivity index (χ1n) is 8.45. The summed E-state index contributed by atoms with van der Waals surface area (Å²) in [5.74, 6) is 0.807. The average Bonchev–Trinajstić information content (AvgIpc) is 2.58. The highest BCUT2D eigenvalue weighted by Gasteiger charge is 2.30. The first kappa shape index (κ1) is 23.3. The van der Waals surface area contributed by atoms with E-state index in [2.05, 4.69) is 11.6 Å². The zero-order chi connectivity index (χ0) is 19.5.